The molecule has 250 valence electrons. The molecule has 3 unspecified atom stereocenters. The number of ether oxygens (including phenoxy) is 3. The van der Waals surface area contributed by atoms with Gasteiger partial charge in [0.1, 0.15) is 34.2 Å². The van der Waals surface area contributed by atoms with Gasteiger partial charge in [0.15, 0.2) is 11.4 Å². The van der Waals surface area contributed by atoms with Gasteiger partial charge in [0.2, 0.25) is 0 Å². The molecule has 2 saturated heterocycles. The molecule has 1 aromatic rings. The molecule has 0 radical (unpaired) electrons. The van der Waals surface area contributed by atoms with Crippen LogP contribution in [0.3, 0.4) is 0 Å². The van der Waals surface area contributed by atoms with E-state index in [-0.39, 0.29) is 58.6 Å². The Bertz CT molecular complexity index is 1770. The Morgan fingerprint density at radius 2 is 1.85 bits per heavy atom. The molecule has 47 heavy (non-hydrogen) atoms. The molecule has 0 aromatic heterocycles. The summed E-state index contributed by atoms with van der Waals surface area (Å²) >= 11 is 0. The van der Waals surface area contributed by atoms with E-state index in [1.165, 1.54) is 6.92 Å². The summed E-state index contributed by atoms with van der Waals surface area (Å²) in [6.45, 7) is 19.9. The number of hydrogen-bond donors (Lipinski definition) is 2. The maximum absolute atomic E-state index is 15.1. The van der Waals surface area contributed by atoms with Crippen LogP contribution in [0.25, 0.3) is 0 Å². The number of rotatable bonds is 8. The average molecular weight is 643 g/mol. The van der Waals surface area contributed by atoms with Crippen molar-refractivity contribution in [2.45, 2.75) is 116 Å². The minimum Gasteiger partial charge on any atom is -0.507 e. The van der Waals surface area contributed by atoms with Crippen molar-refractivity contribution in [1.29, 1.82) is 0 Å². The molecule has 8 nitrogen and oxygen atoms in total. The van der Waals surface area contributed by atoms with E-state index in [0.717, 1.165) is 17.6 Å². The van der Waals surface area contributed by atoms with Crippen molar-refractivity contribution in [1.82, 2.24) is 0 Å². The van der Waals surface area contributed by atoms with Gasteiger partial charge in [-0.2, -0.15) is 0 Å². The Kier molecular flexibility index (Phi) is 6.75. The van der Waals surface area contributed by atoms with E-state index in [4.69, 9.17) is 14.2 Å². The molecule has 7 aliphatic rings. The van der Waals surface area contributed by atoms with E-state index in [0.29, 0.717) is 41.7 Å². The number of carbonyl (C=O) groups is 3. The van der Waals surface area contributed by atoms with Crippen LogP contribution < -0.4 is 9.47 Å². The van der Waals surface area contributed by atoms with Gasteiger partial charge in [0.05, 0.1) is 23.0 Å². The molecule has 8 atom stereocenters. The first-order valence-corrected chi connectivity index (χ1v) is 17.0. The van der Waals surface area contributed by atoms with Crippen molar-refractivity contribution in [2.24, 2.45) is 23.2 Å². The standard InChI is InChI=1S/C39H46O8/c1-10-23(19(4)5)25-15-21(7)45-32-24(12-11-18(2)3)33-28(31(42)27(25)32)30(41)26-16-22-17-37-34(29(22)40)38(39(26,37)46-33,47-36(37,8)9)14-13-20(6)35(43)44/h11,13,16,21-23,25,34,42H,4,10,12,14-15,17H2,1-3,5-9H3,(H,43,44)/b20-13-/t21-,22?,23+,25?,34-,37?,38+,39-/m1/s1. The van der Waals surface area contributed by atoms with Crippen LogP contribution in [-0.4, -0.2) is 50.7 Å². The Morgan fingerprint density at radius 3 is 2.47 bits per heavy atom. The second-order valence-electron chi connectivity index (χ2n) is 15.6. The number of Topliss-reactive ketones (excluding diaryl/α,β-unsaturated/α-hetero) is 2. The number of phenols is 1. The first-order valence-electron chi connectivity index (χ1n) is 17.0. The van der Waals surface area contributed by atoms with Gasteiger partial charge in [-0.3, -0.25) is 9.59 Å². The second kappa shape index (κ2) is 9.94. The number of aliphatic carboxylic acids is 1. The van der Waals surface area contributed by atoms with E-state index in [1.54, 1.807) is 12.2 Å². The zero-order chi connectivity index (χ0) is 34.2. The summed E-state index contributed by atoms with van der Waals surface area (Å²) in [5, 5.41) is 22.0. The van der Waals surface area contributed by atoms with Gasteiger partial charge in [0.25, 0.3) is 0 Å². The number of hydrogen-bond acceptors (Lipinski definition) is 7. The summed E-state index contributed by atoms with van der Waals surface area (Å²) in [6.07, 6.45) is 7.73. The van der Waals surface area contributed by atoms with Gasteiger partial charge < -0.3 is 24.4 Å². The topological polar surface area (TPSA) is 119 Å². The van der Waals surface area contributed by atoms with Crippen molar-refractivity contribution < 1.29 is 38.8 Å². The largest absolute Gasteiger partial charge is 0.507 e. The lowest BCUT2D eigenvalue weighted by Crippen LogP contribution is -2.82. The van der Waals surface area contributed by atoms with E-state index in [9.17, 15) is 19.8 Å². The normalized spacial score (nSPS) is 35.7. The third-order valence-electron chi connectivity index (χ3n) is 12.5. The molecule has 0 amide bonds. The minimum atomic E-state index is -1.35. The highest BCUT2D eigenvalue weighted by Crippen LogP contribution is 2.86. The molecule has 3 bridgehead atoms. The predicted molar refractivity (Wildman–Crippen MR) is 176 cm³/mol. The van der Waals surface area contributed by atoms with Crippen LogP contribution in [0.4, 0.5) is 0 Å². The highest BCUT2D eigenvalue weighted by atomic mass is 16.6. The first kappa shape index (κ1) is 31.9. The fourth-order valence-corrected chi connectivity index (χ4v) is 10.7. The maximum atomic E-state index is 15.1. The summed E-state index contributed by atoms with van der Waals surface area (Å²) in [4.78, 5) is 41.1. The zero-order valence-corrected chi connectivity index (χ0v) is 28.7. The number of phenolic OH excluding ortho intramolecular Hbond substituents is 1. The summed E-state index contributed by atoms with van der Waals surface area (Å²) in [6, 6.07) is 0. The Morgan fingerprint density at radius 1 is 1.15 bits per heavy atom. The third-order valence-corrected chi connectivity index (χ3v) is 12.5. The van der Waals surface area contributed by atoms with Gasteiger partial charge in [-0.05, 0) is 80.1 Å². The molecule has 2 spiro atoms. The molecule has 2 saturated carbocycles. The summed E-state index contributed by atoms with van der Waals surface area (Å²) in [5.41, 5.74) is -0.358. The first-order chi connectivity index (χ1) is 22.0. The number of ketones is 2. The summed E-state index contributed by atoms with van der Waals surface area (Å²) in [5.74, 6) is -1.83. The van der Waals surface area contributed by atoms with Crippen LogP contribution in [0, 0.1) is 23.2 Å². The van der Waals surface area contributed by atoms with E-state index < -0.39 is 40.0 Å². The summed E-state index contributed by atoms with van der Waals surface area (Å²) in [7, 11) is 0. The Hall–Kier alpha value is -3.65. The van der Waals surface area contributed by atoms with Crippen LogP contribution >= 0.6 is 0 Å². The van der Waals surface area contributed by atoms with E-state index in [1.807, 2.05) is 41.5 Å². The number of carboxylic acids is 1. The number of benzene rings is 1. The third kappa shape index (κ3) is 3.60. The van der Waals surface area contributed by atoms with Gasteiger partial charge in [0, 0.05) is 40.5 Å². The van der Waals surface area contributed by atoms with Crippen LogP contribution in [-0.2, 0) is 20.7 Å². The number of carboxylic acid groups (broad SMARTS) is 1. The molecular weight excluding hydrogens is 596 g/mol. The Labute approximate surface area is 276 Å². The number of fused-ring (bicyclic) bond motifs is 4. The number of carbonyl (C=O) groups excluding carboxylic acids is 2. The molecule has 4 heterocycles. The van der Waals surface area contributed by atoms with E-state index >= 15 is 4.79 Å². The van der Waals surface area contributed by atoms with Gasteiger partial charge in [-0.25, -0.2) is 4.79 Å². The molecule has 8 heteroatoms. The molecule has 1 aromatic carbocycles. The second-order valence-corrected chi connectivity index (χ2v) is 15.6. The fourth-order valence-electron chi connectivity index (χ4n) is 10.7. The lowest BCUT2D eigenvalue weighted by atomic mass is 9.37. The van der Waals surface area contributed by atoms with Gasteiger partial charge >= 0.3 is 5.97 Å². The lowest BCUT2D eigenvalue weighted by molar-refractivity contribution is -0.221. The zero-order valence-electron chi connectivity index (χ0n) is 28.7. The van der Waals surface area contributed by atoms with Gasteiger partial charge in [-0.1, -0.05) is 42.9 Å². The highest BCUT2D eigenvalue weighted by Gasteiger charge is 2.99. The molecule has 4 fully saturated rings. The highest BCUT2D eigenvalue weighted by molar-refractivity contribution is 6.18. The van der Waals surface area contributed by atoms with Crippen molar-refractivity contribution in [3.8, 4) is 17.2 Å². The quantitative estimate of drug-likeness (QED) is 0.226. The maximum Gasteiger partial charge on any atom is 0.330 e. The molecular formula is C39H46O8. The van der Waals surface area contributed by atoms with Gasteiger partial charge in [-0.15, -0.1) is 0 Å². The van der Waals surface area contributed by atoms with Crippen LogP contribution in [0.1, 0.15) is 108 Å². The van der Waals surface area contributed by atoms with E-state index in [2.05, 4.69) is 19.6 Å². The predicted octanol–water partition coefficient (Wildman–Crippen LogP) is 7.19. The molecule has 2 N–H and O–H groups in total. The number of aromatic hydroxyl groups is 1. The van der Waals surface area contributed by atoms with Crippen molar-refractivity contribution in [2.75, 3.05) is 0 Å². The molecule has 8 rings (SSSR count). The average Bonchev–Trinajstić information content (AvgIpc) is 3.39. The fraction of sp³-hybridized carbons (Fsp3) is 0.564. The lowest BCUT2D eigenvalue weighted by Gasteiger charge is -2.66. The molecule has 3 aliphatic carbocycles. The van der Waals surface area contributed by atoms with Crippen molar-refractivity contribution in [3.63, 3.8) is 0 Å². The monoisotopic (exact) mass is 642 g/mol. The van der Waals surface area contributed by atoms with Crippen LogP contribution in [0.15, 0.2) is 47.1 Å². The van der Waals surface area contributed by atoms with Crippen LogP contribution in [0.2, 0.25) is 0 Å². The smallest absolute Gasteiger partial charge is 0.330 e. The van der Waals surface area contributed by atoms with Crippen molar-refractivity contribution in [3.05, 3.63) is 63.8 Å². The van der Waals surface area contributed by atoms with Crippen LogP contribution in [0.5, 0.6) is 17.2 Å². The minimum absolute atomic E-state index is 0.00248. The summed E-state index contributed by atoms with van der Waals surface area (Å²) < 4.78 is 20.8. The molecule has 4 aliphatic heterocycles. The Balaban J connectivity index is 1.53. The number of allylic oxidation sites excluding steroid dienone is 4. The SMILES string of the molecule is C=C(C)[C@H](CC)C1C[C@@H](C)Oc2c(CC=C(C)C)c3c(c(O)c21)C(=O)C1=CC2CC45[C@@H](C2=O)[C@](C/C=C(/C)C(=O)O)(OC4(C)C)[C@@]15O3. The van der Waals surface area contributed by atoms with Crippen molar-refractivity contribution >= 4 is 17.5 Å².